The molecule has 0 saturated heterocycles. The van der Waals surface area contributed by atoms with Gasteiger partial charge in [-0.1, -0.05) is 27.1 Å². The number of halogens is 1. The van der Waals surface area contributed by atoms with E-state index in [-0.39, 0.29) is 12.4 Å². The van der Waals surface area contributed by atoms with Crippen LogP contribution in [0.5, 0.6) is 0 Å². The first kappa shape index (κ1) is 14.9. The second-order valence-corrected chi connectivity index (χ2v) is 5.74. The SMILES string of the molecule is CCOC(=O)CCC1(N=[N+]=[N-])CCc2cc(Br)ccc21. The number of ether oxygens (including phenoxy) is 1. The van der Waals surface area contributed by atoms with Crippen molar-refractivity contribution in [1.82, 2.24) is 0 Å². The smallest absolute Gasteiger partial charge is 0.305 e. The molecule has 0 fully saturated rings. The van der Waals surface area contributed by atoms with E-state index in [9.17, 15) is 4.79 Å². The number of fused-ring (bicyclic) bond motifs is 1. The summed E-state index contributed by atoms with van der Waals surface area (Å²) in [6.45, 7) is 2.15. The zero-order valence-electron chi connectivity index (χ0n) is 11.3. The minimum absolute atomic E-state index is 0.245. The number of esters is 1. The summed E-state index contributed by atoms with van der Waals surface area (Å²) in [5.74, 6) is -0.245. The van der Waals surface area contributed by atoms with Crippen molar-refractivity contribution in [2.45, 2.75) is 38.1 Å². The quantitative estimate of drug-likeness (QED) is 0.348. The molecule has 20 heavy (non-hydrogen) atoms. The lowest BCUT2D eigenvalue weighted by atomic mass is 9.88. The molecule has 106 valence electrons. The minimum atomic E-state index is -0.614. The van der Waals surface area contributed by atoms with E-state index in [0.717, 1.165) is 22.9 Å². The van der Waals surface area contributed by atoms with Gasteiger partial charge in [0.25, 0.3) is 0 Å². The van der Waals surface area contributed by atoms with E-state index in [1.54, 1.807) is 6.92 Å². The molecule has 0 radical (unpaired) electrons. The van der Waals surface area contributed by atoms with E-state index in [2.05, 4.69) is 26.0 Å². The summed E-state index contributed by atoms with van der Waals surface area (Å²) in [4.78, 5) is 14.5. The Morgan fingerprint density at radius 1 is 1.60 bits per heavy atom. The number of carbonyl (C=O) groups excluding carboxylic acids is 1. The number of azide groups is 1. The van der Waals surface area contributed by atoms with Crippen molar-refractivity contribution in [3.05, 3.63) is 44.2 Å². The standard InChI is InChI=1S/C14H16BrN3O2/c1-2-20-13(19)6-8-14(17-18-16)7-5-10-9-11(15)3-4-12(10)14/h3-4,9H,2,5-8H2,1H3. The third-order valence-corrected chi connectivity index (χ3v) is 4.15. The number of carbonyl (C=O) groups is 1. The normalized spacial score (nSPS) is 20.1. The Labute approximate surface area is 126 Å². The molecule has 0 saturated carbocycles. The van der Waals surface area contributed by atoms with Gasteiger partial charge in [0.05, 0.1) is 12.1 Å². The number of hydrogen-bond acceptors (Lipinski definition) is 3. The zero-order valence-corrected chi connectivity index (χ0v) is 12.9. The van der Waals surface area contributed by atoms with Crippen LogP contribution in [0, 0.1) is 0 Å². The van der Waals surface area contributed by atoms with Crippen LogP contribution in [0.3, 0.4) is 0 Å². The van der Waals surface area contributed by atoms with E-state index < -0.39 is 5.54 Å². The molecule has 2 rings (SSSR count). The molecule has 0 spiro atoms. The lowest BCUT2D eigenvalue weighted by Gasteiger charge is -2.24. The fourth-order valence-corrected chi connectivity index (χ4v) is 3.15. The molecule has 6 heteroatoms. The van der Waals surface area contributed by atoms with Gasteiger partial charge in [-0.2, -0.15) is 0 Å². The summed E-state index contributed by atoms with van der Waals surface area (Å²) in [5, 5.41) is 4.02. The molecule has 0 N–H and O–H groups in total. The second kappa shape index (κ2) is 6.29. The molecule has 0 aliphatic heterocycles. The van der Waals surface area contributed by atoms with Crippen LogP contribution in [0.2, 0.25) is 0 Å². The van der Waals surface area contributed by atoms with Gasteiger partial charge in [-0.25, -0.2) is 0 Å². The van der Waals surface area contributed by atoms with Crippen molar-refractivity contribution < 1.29 is 9.53 Å². The van der Waals surface area contributed by atoms with Gasteiger partial charge in [-0.15, -0.1) is 0 Å². The van der Waals surface area contributed by atoms with Crippen LogP contribution in [0.25, 0.3) is 10.4 Å². The fourth-order valence-electron chi connectivity index (χ4n) is 2.74. The fraction of sp³-hybridized carbons (Fsp3) is 0.500. The monoisotopic (exact) mass is 337 g/mol. The molecule has 0 aromatic heterocycles. The Morgan fingerprint density at radius 3 is 3.10 bits per heavy atom. The Bertz CT molecular complexity index is 570. The Kier molecular flexibility index (Phi) is 4.68. The van der Waals surface area contributed by atoms with Crippen molar-refractivity contribution in [1.29, 1.82) is 0 Å². The summed E-state index contributed by atoms with van der Waals surface area (Å²) in [5.41, 5.74) is 10.5. The summed E-state index contributed by atoms with van der Waals surface area (Å²) >= 11 is 3.45. The third kappa shape index (κ3) is 2.97. The molecule has 0 heterocycles. The first-order valence-electron chi connectivity index (χ1n) is 6.62. The molecular formula is C14H16BrN3O2. The van der Waals surface area contributed by atoms with Crippen LogP contribution in [0.15, 0.2) is 27.8 Å². The van der Waals surface area contributed by atoms with Crippen LogP contribution in [-0.2, 0) is 21.5 Å². The minimum Gasteiger partial charge on any atom is -0.466 e. The highest BCUT2D eigenvalue weighted by atomic mass is 79.9. The largest absolute Gasteiger partial charge is 0.466 e. The highest BCUT2D eigenvalue weighted by Gasteiger charge is 2.38. The summed E-state index contributed by atoms with van der Waals surface area (Å²) in [7, 11) is 0. The predicted molar refractivity (Wildman–Crippen MR) is 79.2 cm³/mol. The molecule has 0 bridgehead atoms. The predicted octanol–water partition coefficient (Wildman–Crippen LogP) is 4.24. The highest BCUT2D eigenvalue weighted by molar-refractivity contribution is 9.10. The van der Waals surface area contributed by atoms with Gasteiger partial charge in [0.1, 0.15) is 0 Å². The molecule has 1 aromatic carbocycles. The molecule has 1 aliphatic carbocycles. The third-order valence-electron chi connectivity index (χ3n) is 3.66. The average Bonchev–Trinajstić information content (AvgIpc) is 2.76. The van der Waals surface area contributed by atoms with Gasteiger partial charge >= 0.3 is 5.97 Å². The zero-order chi connectivity index (χ0) is 14.6. The van der Waals surface area contributed by atoms with Gasteiger partial charge in [0, 0.05) is 15.8 Å². The van der Waals surface area contributed by atoms with Crippen molar-refractivity contribution in [2.24, 2.45) is 5.11 Å². The molecule has 1 aromatic rings. The maximum atomic E-state index is 11.5. The van der Waals surface area contributed by atoms with Crippen LogP contribution < -0.4 is 0 Å². The first-order chi connectivity index (χ1) is 9.61. The van der Waals surface area contributed by atoms with E-state index in [0.29, 0.717) is 13.0 Å². The van der Waals surface area contributed by atoms with Crippen molar-refractivity contribution >= 4 is 21.9 Å². The van der Waals surface area contributed by atoms with Crippen molar-refractivity contribution in [3.63, 3.8) is 0 Å². The summed E-state index contributed by atoms with van der Waals surface area (Å²) in [6.07, 6.45) is 2.35. The van der Waals surface area contributed by atoms with Crippen LogP contribution in [0.1, 0.15) is 37.3 Å². The van der Waals surface area contributed by atoms with Gasteiger partial charge in [-0.05, 0) is 55.0 Å². The lowest BCUT2D eigenvalue weighted by molar-refractivity contribution is -0.143. The van der Waals surface area contributed by atoms with E-state index in [4.69, 9.17) is 10.3 Å². The van der Waals surface area contributed by atoms with Crippen LogP contribution in [0.4, 0.5) is 0 Å². The van der Waals surface area contributed by atoms with Gasteiger partial charge in [-0.3, -0.25) is 4.79 Å². The molecule has 1 unspecified atom stereocenters. The Balaban J connectivity index is 2.25. The first-order valence-corrected chi connectivity index (χ1v) is 7.41. The molecule has 5 nitrogen and oxygen atoms in total. The Morgan fingerprint density at radius 2 is 2.40 bits per heavy atom. The molecule has 0 amide bonds. The number of benzene rings is 1. The van der Waals surface area contributed by atoms with E-state index in [1.165, 1.54) is 5.56 Å². The number of hydrogen-bond donors (Lipinski definition) is 0. The second-order valence-electron chi connectivity index (χ2n) is 4.83. The lowest BCUT2D eigenvalue weighted by Crippen LogP contribution is -2.21. The molecule has 1 aliphatic rings. The number of rotatable bonds is 5. The topological polar surface area (TPSA) is 75.1 Å². The maximum absolute atomic E-state index is 11.5. The van der Waals surface area contributed by atoms with Gasteiger partial charge < -0.3 is 4.74 Å². The van der Waals surface area contributed by atoms with Gasteiger partial charge in [0.15, 0.2) is 0 Å². The molecular weight excluding hydrogens is 322 g/mol. The summed E-state index contributed by atoms with van der Waals surface area (Å²) in [6, 6.07) is 5.97. The summed E-state index contributed by atoms with van der Waals surface area (Å²) < 4.78 is 5.96. The van der Waals surface area contributed by atoms with Crippen LogP contribution in [-0.4, -0.2) is 12.6 Å². The molecule has 1 atom stereocenters. The Hall–Kier alpha value is -1.52. The van der Waals surface area contributed by atoms with E-state index >= 15 is 0 Å². The van der Waals surface area contributed by atoms with Crippen molar-refractivity contribution in [2.75, 3.05) is 6.61 Å². The maximum Gasteiger partial charge on any atom is 0.305 e. The number of nitrogens with zero attached hydrogens (tertiary/aromatic N) is 3. The highest BCUT2D eigenvalue weighted by Crippen LogP contribution is 2.44. The van der Waals surface area contributed by atoms with Crippen LogP contribution >= 0.6 is 15.9 Å². The van der Waals surface area contributed by atoms with E-state index in [1.807, 2.05) is 18.2 Å². The van der Waals surface area contributed by atoms with Crippen molar-refractivity contribution in [3.8, 4) is 0 Å². The average molecular weight is 338 g/mol. The van der Waals surface area contributed by atoms with Gasteiger partial charge in [0.2, 0.25) is 0 Å². The number of aryl methyl sites for hydroxylation is 1.